The van der Waals surface area contributed by atoms with Gasteiger partial charge in [0, 0.05) is 17.8 Å². The molecule has 0 fully saturated rings. The molecular weight excluding hydrogens is 322 g/mol. The molecule has 0 radical (unpaired) electrons. The lowest BCUT2D eigenvalue weighted by atomic mass is 10.1. The summed E-state index contributed by atoms with van der Waals surface area (Å²) in [5.74, 6) is 0.0378. The molecule has 0 saturated heterocycles. The van der Waals surface area contributed by atoms with Gasteiger partial charge in [0.25, 0.3) is 0 Å². The lowest BCUT2D eigenvalue weighted by Gasteiger charge is -2.09. The molecule has 0 spiro atoms. The fourth-order valence-electron chi connectivity index (χ4n) is 2.99. The summed E-state index contributed by atoms with van der Waals surface area (Å²) in [7, 11) is 0. The van der Waals surface area contributed by atoms with Gasteiger partial charge in [-0.05, 0) is 81.1 Å². The van der Waals surface area contributed by atoms with Crippen molar-refractivity contribution in [2.45, 2.75) is 40.5 Å². The third-order valence-corrected chi connectivity index (χ3v) is 4.62. The second kappa shape index (κ2) is 7.56. The molecule has 0 aliphatic heterocycles. The summed E-state index contributed by atoms with van der Waals surface area (Å²) < 4.78 is 1.94. The van der Waals surface area contributed by atoms with Crippen molar-refractivity contribution in [3.05, 3.63) is 76.6 Å². The van der Waals surface area contributed by atoms with E-state index in [1.165, 1.54) is 11.1 Å². The van der Waals surface area contributed by atoms with E-state index in [0.717, 1.165) is 28.3 Å². The third kappa shape index (κ3) is 4.20. The van der Waals surface area contributed by atoms with E-state index >= 15 is 0 Å². The Kier molecular flexibility index (Phi) is 5.21. The summed E-state index contributed by atoms with van der Waals surface area (Å²) in [6.07, 6.45) is 1.18. The lowest BCUT2D eigenvalue weighted by molar-refractivity contribution is -0.116. The topological polar surface area (TPSA) is 46.9 Å². The van der Waals surface area contributed by atoms with Gasteiger partial charge < -0.3 is 5.32 Å². The Morgan fingerprint density at radius 1 is 0.962 bits per heavy atom. The number of hydrogen-bond acceptors (Lipinski definition) is 2. The average Bonchev–Trinajstić information content (AvgIpc) is 2.95. The summed E-state index contributed by atoms with van der Waals surface area (Å²) in [6, 6.07) is 16.3. The van der Waals surface area contributed by atoms with Gasteiger partial charge in [-0.2, -0.15) is 5.10 Å². The number of amides is 1. The summed E-state index contributed by atoms with van der Waals surface area (Å²) in [5, 5.41) is 7.47. The zero-order chi connectivity index (χ0) is 18.7. The van der Waals surface area contributed by atoms with Gasteiger partial charge in [0.2, 0.25) is 5.91 Å². The maximum atomic E-state index is 12.2. The molecule has 1 N–H and O–H groups in total. The highest BCUT2D eigenvalue weighted by Gasteiger charge is 2.06. The van der Waals surface area contributed by atoms with E-state index in [9.17, 15) is 4.79 Å². The quantitative estimate of drug-likeness (QED) is 0.728. The van der Waals surface area contributed by atoms with Crippen molar-refractivity contribution >= 4 is 11.6 Å². The van der Waals surface area contributed by atoms with E-state index in [0.29, 0.717) is 12.8 Å². The van der Waals surface area contributed by atoms with Gasteiger partial charge in [-0.3, -0.25) is 4.79 Å². The molecular formula is C22H25N3O. The largest absolute Gasteiger partial charge is 0.326 e. The van der Waals surface area contributed by atoms with E-state index in [1.54, 1.807) is 0 Å². The average molecular weight is 347 g/mol. The highest BCUT2D eigenvalue weighted by Crippen LogP contribution is 2.16. The van der Waals surface area contributed by atoms with Crippen LogP contribution >= 0.6 is 0 Å². The van der Waals surface area contributed by atoms with E-state index in [-0.39, 0.29) is 5.91 Å². The van der Waals surface area contributed by atoms with Crippen LogP contribution in [0.15, 0.2) is 48.5 Å². The van der Waals surface area contributed by atoms with Crippen LogP contribution in [0.2, 0.25) is 0 Å². The molecule has 4 nitrogen and oxygen atoms in total. The van der Waals surface area contributed by atoms with Gasteiger partial charge in [0.1, 0.15) is 0 Å². The van der Waals surface area contributed by atoms with Crippen LogP contribution in [0.5, 0.6) is 0 Å². The maximum Gasteiger partial charge on any atom is 0.224 e. The van der Waals surface area contributed by atoms with Crippen molar-refractivity contribution in [1.29, 1.82) is 0 Å². The first-order chi connectivity index (χ1) is 12.4. The predicted molar refractivity (Wildman–Crippen MR) is 106 cm³/mol. The molecule has 0 saturated carbocycles. The number of benzene rings is 2. The Hall–Kier alpha value is -2.88. The molecule has 3 rings (SSSR count). The van der Waals surface area contributed by atoms with Gasteiger partial charge in [0.15, 0.2) is 0 Å². The summed E-state index contributed by atoms with van der Waals surface area (Å²) in [5.41, 5.74) is 7.58. The molecule has 26 heavy (non-hydrogen) atoms. The molecule has 134 valence electrons. The molecule has 3 aromatic rings. The van der Waals surface area contributed by atoms with Crippen molar-refractivity contribution in [1.82, 2.24) is 9.78 Å². The normalized spacial score (nSPS) is 10.8. The molecule has 0 bridgehead atoms. The molecule has 0 atom stereocenters. The van der Waals surface area contributed by atoms with Crippen LogP contribution in [-0.2, 0) is 11.2 Å². The smallest absolute Gasteiger partial charge is 0.224 e. The van der Waals surface area contributed by atoms with Crippen molar-refractivity contribution in [3.63, 3.8) is 0 Å². The first kappa shape index (κ1) is 17.9. The van der Waals surface area contributed by atoms with Crippen LogP contribution in [0.4, 0.5) is 5.69 Å². The monoisotopic (exact) mass is 347 g/mol. The SMILES string of the molecule is Cc1cc(C)n(-c2ccc(CCC(=O)Nc3ccc(C)c(C)c3)cc2)n1. The van der Waals surface area contributed by atoms with Crippen LogP contribution in [0.25, 0.3) is 5.69 Å². The first-order valence-electron chi connectivity index (χ1n) is 8.92. The standard InChI is InChI=1S/C22H25N3O/c1-15-5-9-20(13-16(15)2)23-22(26)12-8-19-6-10-21(11-7-19)25-18(4)14-17(3)24-25/h5-7,9-11,13-14H,8,12H2,1-4H3,(H,23,26). The Balaban J connectivity index is 1.58. The van der Waals surface area contributed by atoms with E-state index in [4.69, 9.17) is 0 Å². The van der Waals surface area contributed by atoms with Gasteiger partial charge in [-0.15, -0.1) is 0 Å². The van der Waals surface area contributed by atoms with Crippen molar-refractivity contribution in [2.24, 2.45) is 0 Å². The maximum absolute atomic E-state index is 12.2. The second-order valence-corrected chi connectivity index (χ2v) is 6.85. The van der Waals surface area contributed by atoms with Crippen LogP contribution in [0, 0.1) is 27.7 Å². The second-order valence-electron chi connectivity index (χ2n) is 6.85. The number of nitrogens with one attached hydrogen (secondary N) is 1. The molecule has 4 heteroatoms. The highest BCUT2D eigenvalue weighted by atomic mass is 16.1. The minimum atomic E-state index is 0.0378. The highest BCUT2D eigenvalue weighted by molar-refractivity contribution is 5.90. The summed E-state index contributed by atoms with van der Waals surface area (Å²) >= 11 is 0. The molecule has 0 unspecified atom stereocenters. The van der Waals surface area contributed by atoms with Gasteiger partial charge >= 0.3 is 0 Å². The first-order valence-corrected chi connectivity index (χ1v) is 8.92. The number of aromatic nitrogens is 2. The van der Waals surface area contributed by atoms with Gasteiger partial charge in [-0.25, -0.2) is 4.68 Å². The number of anilines is 1. The van der Waals surface area contributed by atoms with Crippen LogP contribution in [-0.4, -0.2) is 15.7 Å². The lowest BCUT2D eigenvalue weighted by Crippen LogP contribution is -2.12. The van der Waals surface area contributed by atoms with Gasteiger partial charge in [0.05, 0.1) is 11.4 Å². The molecule has 0 aliphatic carbocycles. The number of hydrogen-bond donors (Lipinski definition) is 1. The Bertz CT molecular complexity index is 923. The minimum absolute atomic E-state index is 0.0378. The summed E-state index contributed by atoms with van der Waals surface area (Å²) in [6.45, 7) is 8.16. The van der Waals surface area contributed by atoms with E-state index < -0.39 is 0 Å². The van der Waals surface area contributed by atoms with Crippen molar-refractivity contribution in [2.75, 3.05) is 5.32 Å². The Morgan fingerprint density at radius 3 is 2.31 bits per heavy atom. The van der Waals surface area contributed by atoms with E-state index in [1.807, 2.05) is 36.7 Å². The van der Waals surface area contributed by atoms with Crippen molar-refractivity contribution < 1.29 is 4.79 Å². The van der Waals surface area contributed by atoms with Crippen LogP contribution < -0.4 is 5.32 Å². The number of aryl methyl sites for hydroxylation is 5. The number of nitrogens with zero attached hydrogens (tertiary/aromatic N) is 2. The zero-order valence-corrected chi connectivity index (χ0v) is 15.8. The number of carbonyl (C=O) groups is 1. The Morgan fingerprint density at radius 2 is 1.69 bits per heavy atom. The van der Waals surface area contributed by atoms with Crippen LogP contribution in [0.1, 0.15) is 34.5 Å². The molecule has 0 aliphatic rings. The number of carbonyl (C=O) groups excluding carboxylic acids is 1. The molecule has 1 aromatic heterocycles. The van der Waals surface area contributed by atoms with Gasteiger partial charge in [-0.1, -0.05) is 18.2 Å². The predicted octanol–water partition coefficient (Wildman–Crippen LogP) is 4.68. The van der Waals surface area contributed by atoms with E-state index in [2.05, 4.69) is 54.6 Å². The number of rotatable bonds is 5. The van der Waals surface area contributed by atoms with Crippen molar-refractivity contribution in [3.8, 4) is 5.69 Å². The third-order valence-electron chi connectivity index (χ3n) is 4.62. The molecule has 1 heterocycles. The molecule has 1 amide bonds. The minimum Gasteiger partial charge on any atom is -0.326 e. The summed E-state index contributed by atoms with van der Waals surface area (Å²) in [4.78, 5) is 12.2. The fraction of sp³-hybridized carbons (Fsp3) is 0.273. The zero-order valence-electron chi connectivity index (χ0n) is 15.8. The fourth-order valence-corrected chi connectivity index (χ4v) is 2.99. The Labute approximate surface area is 154 Å². The molecule has 2 aromatic carbocycles. The van der Waals surface area contributed by atoms with Crippen LogP contribution in [0.3, 0.4) is 0 Å².